The van der Waals surface area contributed by atoms with E-state index in [0.717, 1.165) is 19.4 Å². The van der Waals surface area contributed by atoms with Crippen LogP contribution in [0.4, 0.5) is 5.69 Å². The summed E-state index contributed by atoms with van der Waals surface area (Å²) in [5, 5.41) is 14.1. The Morgan fingerprint density at radius 2 is 1.70 bits per heavy atom. The van der Waals surface area contributed by atoms with Gasteiger partial charge in [-0.3, -0.25) is 19.7 Å². The van der Waals surface area contributed by atoms with Crippen LogP contribution in [0.3, 0.4) is 0 Å². The summed E-state index contributed by atoms with van der Waals surface area (Å²) in [7, 11) is 0. The monoisotopic (exact) mass is 396 g/mol. The number of rotatable bonds is 3. The number of carbonyl (C=O) groups excluding carboxylic acids is 2. The molecule has 2 saturated heterocycles. The zero-order valence-corrected chi connectivity index (χ0v) is 16.1. The molecule has 2 aliphatic heterocycles. The molecule has 148 valence electrons. The molecular weight excluding hydrogens is 372 g/mol. The molecule has 2 fully saturated rings. The van der Waals surface area contributed by atoms with Gasteiger partial charge in [0.15, 0.2) is 0 Å². The van der Waals surface area contributed by atoms with Crippen LogP contribution in [0.1, 0.15) is 30.1 Å². The van der Waals surface area contributed by atoms with E-state index < -0.39 is 4.92 Å². The van der Waals surface area contributed by atoms with Crippen LogP contribution < -0.4 is 5.32 Å². The number of hydrogen-bond acceptors (Lipinski definition) is 5. The van der Waals surface area contributed by atoms with Crippen molar-refractivity contribution in [3.63, 3.8) is 0 Å². The number of piperidine rings is 1. The summed E-state index contributed by atoms with van der Waals surface area (Å²) in [5.41, 5.74) is 0.399. The lowest BCUT2D eigenvalue weighted by Gasteiger charge is -2.38. The van der Waals surface area contributed by atoms with Gasteiger partial charge in [-0.25, -0.2) is 0 Å². The van der Waals surface area contributed by atoms with Crippen LogP contribution in [0, 0.1) is 16.0 Å². The van der Waals surface area contributed by atoms with E-state index in [1.54, 1.807) is 4.90 Å². The highest BCUT2D eigenvalue weighted by atomic mass is 35.5. The molecule has 2 atom stereocenters. The molecule has 0 bridgehead atoms. The molecule has 1 aromatic rings. The second kappa shape index (κ2) is 9.14. The third-order valence-electron chi connectivity index (χ3n) is 5.18. The van der Waals surface area contributed by atoms with Crippen LogP contribution in [-0.2, 0) is 4.79 Å². The van der Waals surface area contributed by atoms with Gasteiger partial charge in [0.25, 0.3) is 11.6 Å². The Morgan fingerprint density at radius 3 is 2.26 bits per heavy atom. The number of nitrogens with one attached hydrogen (secondary N) is 1. The summed E-state index contributed by atoms with van der Waals surface area (Å²) in [4.78, 5) is 39.0. The summed E-state index contributed by atoms with van der Waals surface area (Å²) < 4.78 is 0. The molecule has 0 aromatic heterocycles. The highest BCUT2D eigenvalue weighted by molar-refractivity contribution is 5.94. The van der Waals surface area contributed by atoms with E-state index in [-0.39, 0.29) is 35.8 Å². The Bertz CT molecular complexity index is 689. The van der Waals surface area contributed by atoms with E-state index in [1.165, 1.54) is 24.3 Å². The lowest BCUT2D eigenvalue weighted by molar-refractivity contribution is -0.384. The van der Waals surface area contributed by atoms with Gasteiger partial charge >= 0.3 is 0 Å². The lowest BCUT2D eigenvalue weighted by atomic mass is 9.92. The van der Waals surface area contributed by atoms with Gasteiger partial charge in [-0.2, -0.15) is 0 Å². The maximum absolute atomic E-state index is 12.7. The van der Waals surface area contributed by atoms with E-state index in [2.05, 4.69) is 12.2 Å². The fraction of sp³-hybridized carbons (Fsp3) is 0.556. The van der Waals surface area contributed by atoms with Gasteiger partial charge < -0.3 is 15.1 Å². The van der Waals surface area contributed by atoms with Crippen molar-refractivity contribution < 1.29 is 14.5 Å². The molecule has 0 saturated carbocycles. The number of non-ortho nitro benzene ring substituents is 1. The smallest absolute Gasteiger partial charge is 0.269 e. The highest BCUT2D eigenvalue weighted by Gasteiger charge is 2.31. The molecule has 0 unspecified atom stereocenters. The van der Waals surface area contributed by atoms with Crippen molar-refractivity contribution in [1.29, 1.82) is 0 Å². The van der Waals surface area contributed by atoms with Crippen LogP contribution in [0.15, 0.2) is 24.3 Å². The number of halogens is 1. The lowest BCUT2D eigenvalue weighted by Crippen LogP contribution is -2.53. The summed E-state index contributed by atoms with van der Waals surface area (Å²) >= 11 is 0. The van der Waals surface area contributed by atoms with Crippen molar-refractivity contribution >= 4 is 29.9 Å². The molecule has 27 heavy (non-hydrogen) atoms. The van der Waals surface area contributed by atoms with Gasteiger partial charge in [-0.15, -0.1) is 12.4 Å². The van der Waals surface area contributed by atoms with E-state index in [1.807, 2.05) is 4.90 Å². The number of nitrogens with zero attached hydrogens (tertiary/aromatic N) is 3. The average Bonchev–Trinajstić information content (AvgIpc) is 2.67. The zero-order chi connectivity index (χ0) is 18.7. The number of amides is 2. The van der Waals surface area contributed by atoms with Gasteiger partial charge in [0.1, 0.15) is 0 Å². The molecule has 0 aliphatic carbocycles. The van der Waals surface area contributed by atoms with Crippen LogP contribution in [0.25, 0.3) is 0 Å². The minimum Gasteiger partial charge on any atom is -0.339 e. The summed E-state index contributed by atoms with van der Waals surface area (Å²) in [5.74, 6) is 0.117. The van der Waals surface area contributed by atoms with Gasteiger partial charge in [-0.05, 0) is 38.4 Å². The van der Waals surface area contributed by atoms with Crippen molar-refractivity contribution in [3.05, 3.63) is 39.9 Å². The molecular formula is C18H25ClN4O4. The van der Waals surface area contributed by atoms with Crippen molar-refractivity contribution in [3.8, 4) is 0 Å². The Kier molecular flexibility index (Phi) is 7.15. The van der Waals surface area contributed by atoms with E-state index >= 15 is 0 Å². The fourth-order valence-electron chi connectivity index (χ4n) is 3.65. The first-order valence-electron chi connectivity index (χ1n) is 9.01. The maximum atomic E-state index is 12.7. The summed E-state index contributed by atoms with van der Waals surface area (Å²) in [6.07, 6.45) is 1.73. The van der Waals surface area contributed by atoms with Crippen molar-refractivity contribution in [2.75, 3.05) is 32.7 Å². The Labute approximate surface area is 164 Å². The number of nitro groups is 1. The average molecular weight is 397 g/mol. The first-order chi connectivity index (χ1) is 12.5. The van der Waals surface area contributed by atoms with Crippen molar-refractivity contribution in [1.82, 2.24) is 15.1 Å². The Hall–Kier alpha value is -2.19. The molecule has 1 N–H and O–H groups in total. The largest absolute Gasteiger partial charge is 0.339 e. The number of carbonyl (C=O) groups is 2. The fourth-order valence-corrected chi connectivity index (χ4v) is 3.65. The number of piperazine rings is 1. The minimum absolute atomic E-state index is 0. The van der Waals surface area contributed by atoms with Gasteiger partial charge in [0, 0.05) is 55.8 Å². The predicted molar refractivity (Wildman–Crippen MR) is 103 cm³/mol. The summed E-state index contributed by atoms with van der Waals surface area (Å²) in [6.45, 7) is 5.02. The normalized spacial score (nSPS) is 22.7. The van der Waals surface area contributed by atoms with Crippen molar-refractivity contribution in [2.45, 2.75) is 25.8 Å². The van der Waals surface area contributed by atoms with E-state index in [0.29, 0.717) is 37.8 Å². The standard InChI is InChI=1S/C18H24N4O4.ClH/c1-13-12-15(6-7-19-13)18(24)21-10-8-20(9-11-21)17(23)14-2-4-16(5-3-14)22(25)26;/h2-5,13,15,19H,6-12H2,1H3;1H/t13-,15-;/m0./s1. The molecule has 2 heterocycles. The molecule has 2 aliphatic rings. The molecule has 0 spiro atoms. The molecule has 2 amide bonds. The van der Waals surface area contributed by atoms with Gasteiger partial charge in [0.05, 0.1) is 4.92 Å². The van der Waals surface area contributed by atoms with E-state index in [4.69, 9.17) is 0 Å². The molecule has 1 aromatic carbocycles. The second-order valence-corrected chi connectivity index (χ2v) is 7.00. The van der Waals surface area contributed by atoms with Crippen molar-refractivity contribution in [2.24, 2.45) is 5.92 Å². The van der Waals surface area contributed by atoms with Gasteiger partial charge in [-0.1, -0.05) is 0 Å². The molecule has 9 heteroatoms. The third-order valence-corrected chi connectivity index (χ3v) is 5.18. The first kappa shape index (κ1) is 21.1. The molecule has 8 nitrogen and oxygen atoms in total. The first-order valence-corrected chi connectivity index (χ1v) is 9.01. The Morgan fingerprint density at radius 1 is 1.11 bits per heavy atom. The number of hydrogen-bond donors (Lipinski definition) is 1. The van der Waals surface area contributed by atoms with E-state index in [9.17, 15) is 19.7 Å². The van der Waals surface area contributed by atoms with Crippen LogP contribution in [-0.4, -0.2) is 65.3 Å². The predicted octanol–water partition coefficient (Wildman–Crippen LogP) is 1.69. The second-order valence-electron chi connectivity index (χ2n) is 7.00. The third kappa shape index (κ3) is 4.95. The Balaban J connectivity index is 0.00000261. The zero-order valence-electron chi connectivity index (χ0n) is 15.3. The topological polar surface area (TPSA) is 95.8 Å². The quantitative estimate of drug-likeness (QED) is 0.619. The molecule has 0 radical (unpaired) electrons. The van der Waals surface area contributed by atoms with Crippen LogP contribution in [0.2, 0.25) is 0 Å². The molecule has 3 rings (SSSR count). The number of benzene rings is 1. The van der Waals surface area contributed by atoms with Crippen LogP contribution in [0.5, 0.6) is 0 Å². The van der Waals surface area contributed by atoms with Gasteiger partial charge in [0.2, 0.25) is 5.91 Å². The maximum Gasteiger partial charge on any atom is 0.269 e. The van der Waals surface area contributed by atoms with Crippen LogP contribution >= 0.6 is 12.4 Å². The highest BCUT2D eigenvalue weighted by Crippen LogP contribution is 2.20. The number of nitro benzene ring substituents is 1. The summed E-state index contributed by atoms with van der Waals surface area (Å²) in [6, 6.07) is 6.00. The minimum atomic E-state index is -0.486. The SMILES string of the molecule is C[C@H]1C[C@@H](C(=O)N2CCN(C(=O)c3ccc([N+](=O)[O-])cc3)CC2)CCN1.Cl.